The third kappa shape index (κ3) is 11.4. The van der Waals surface area contributed by atoms with Crippen molar-refractivity contribution in [3.63, 3.8) is 0 Å². The van der Waals surface area contributed by atoms with E-state index in [0.717, 1.165) is 0 Å². The molecule has 0 N–H and O–H groups in total. The first-order valence-corrected chi connectivity index (χ1v) is 6.07. The molecule has 0 heterocycles. The number of ether oxygens (including phenoxy) is 5. The summed E-state index contributed by atoms with van der Waals surface area (Å²) in [5, 5.41) is 0. The van der Waals surface area contributed by atoms with Crippen LogP contribution in [-0.4, -0.2) is 57.2 Å². The van der Waals surface area contributed by atoms with Crippen molar-refractivity contribution < 1.29 is 38.1 Å². The Morgan fingerprint density at radius 2 is 1.60 bits per heavy atom. The maximum Gasteiger partial charge on any atom is 0.332 e. The summed E-state index contributed by atoms with van der Waals surface area (Å²) < 4.78 is 24.3. The van der Waals surface area contributed by atoms with Crippen molar-refractivity contribution in [3.8, 4) is 0 Å². The van der Waals surface area contributed by atoms with E-state index in [1.807, 2.05) is 0 Å². The molecular formula is C12H20O8. The molecule has 20 heavy (non-hydrogen) atoms. The fraction of sp³-hybridized carbons (Fsp3) is 0.750. The molecule has 0 aliphatic rings. The van der Waals surface area contributed by atoms with Crippen molar-refractivity contribution >= 4 is 17.9 Å². The lowest BCUT2D eigenvalue weighted by molar-refractivity contribution is -0.171. The lowest BCUT2D eigenvalue weighted by atomic mass is 10.4. The van der Waals surface area contributed by atoms with Crippen molar-refractivity contribution in [2.75, 3.05) is 33.2 Å². The quantitative estimate of drug-likeness (QED) is 0.316. The molecule has 8 heteroatoms. The van der Waals surface area contributed by atoms with Gasteiger partial charge < -0.3 is 23.7 Å². The van der Waals surface area contributed by atoms with Crippen LogP contribution in [-0.2, 0) is 38.1 Å². The molecule has 0 aromatic rings. The van der Waals surface area contributed by atoms with Crippen molar-refractivity contribution in [2.45, 2.75) is 26.9 Å². The Morgan fingerprint density at radius 3 is 2.15 bits per heavy atom. The van der Waals surface area contributed by atoms with Gasteiger partial charge in [-0.3, -0.25) is 9.59 Å². The largest absolute Gasteiger partial charge is 0.464 e. The zero-order valence-corrected chi connectivity index (χ0v) is 11.9. The summed E-state index contributed by atoms with van der Waals surface area (Å²) in [4.78, 5) is 32.4. The Morgan fingerprint density at radius 1 is 0.950 bits per heavy atom. The Bertz CT molecular complexity index is 315. The summed E-state index contributed by atoms with van der Waals surface area (Å²) in [5.41, 5.74) is 0. The number of carbonyl (C=O) groups is 3. The van der Waals surface area contributed by atoms with E-state index in [2.05, 4.69) is 9.47 Å². The normalized spacial score (nSPS) is 11.6. The Hall–Kier alpha value is -1.67. The molecule has 0 aliphatic heterocycles. The molecule has 0 fully saturated rings. The van der Waals surface area contributed by atoms with E-state index in [1.54, 1.807) is 6.92 Å². The summed E-state index contributed by atoms with van der Waals surface area (Å²) in [7, 11) is 0. The van der Waals surface area contributed by atoms with Crippen LogP contribution in [0.2, 0.25) is 0 Å². The third-order valence-corrected chi connectivity index (χ3v) is 1.87. The van der Waals surface area contributed by atoms with Crippen LogP contribution in [0.15, 0.2) is 0 Å². The van der Waals surface area contributed by atoms with E-state index in [0.29, 0.717) is 0 Å². The molecule has 0 spiro atoms. The molecule has 0 bridgehead atoms. The number of rotatable bonds is 10. The first-order valence-electron chi connectivity index (χ1n) is 6.07. The minimum atomic E-state index is -0.646. The van der Waals surface area contributed by atoms with Crippen LogP contribution in [0.4, 0.5) is 0 Å². The maximum atomic E-state index is 11.1. The molecule has 0 aliphatic carbocycles. The molecule has 0 saturated carbocycles. The summed E-state index contributed by atoms with van der Waals surface area (Å²) >= 11 is 0. The number of carbonyl (C=O) groups excluding carboxylic acids is 3. The molecule has 116 valence electrons. The average molecular weight is 292 g/mol. The van der Waals surface area contributed by atoms with E-state index in [4.69, 9.17) is 14.2 Å². The molecule has 0 aromatic heterocycles. The number of hydrogen-bond acceptors (Lipinski definition) is 8. The lowest BCUT2D eigenvalue weighted by Crippen LogP contribution is -2.29. The van der Waals surface area contributed by atoms with Gasteiger partial charge in [0.25, 0.3) is 0 Å². The van der Waals surface area contributed by atoms with Gasteiger partial charge in [-0.25, -0.2) is 4.79 Å². The predicted octanol–water partition coefficient (Wildman–Crippen LogP) is 0.0350. The van der Waals surface area contributed by atoms with Gasteiger partial charge in [0.15, 0.2) is 6.79 Å². The average Bonchev–Trinajstić information content (AvgIpc) is 2.35. The van der Waals surface area contributed by atoms with Crippen LogP contribution in [0, 0.1) is 0 Å². The van der Waals surface area contributed by atoms with Crippen LogP contribution >= 0.6 is 0 Å². The smallest absolute Gasteiger partial charge is 0.332 e. The fourth-order valence-corrected chi connectivity index (χ4v) is 1.04. The maximum absolute atomic E-state index is 11.1. The summed E-state index contributed by atoms with van der Waals surface area (Å²) in [6.45, 7) is 3.84. The van der Waals surface area contributed by atoms with Gasteiger partial charge in [-0.2, -0.15) is 0 Å². The highest BCUT2D eigenvalue weighted by Crippen LogP contribution is 1.97. The second kappa shape index (κ2) is 11.2. The second-order valence-electron chi connectivity index (χ2n) is 3.67. The van der Waals surface area contributed by atoms with Gasteiger partial charge in [0.2, 0.25) is 0 Å². The standard InChI is InChI=1S/C12H20O8/c1-4-17-12(15)7-16-5-11(6-18-9(2)13)20-8-19-10(3)14/h11H,4-8H2,1-3H3. The third-order valence-electron chi connectivity index (χ3n) is 1.87. The molecule has 0 amide bonds. The van der Waals surface area contributed by atoms with Gasteiger partial charge >= 0.3 is 17.9 Å². The van der Waals surface area contributed by atoms with Crippen LogP contribution in [0.5, 0.6) is 0 Å². The molecule has 0 aromatic carbocycles. The van der Waals surface area contributed by atoms with Gasteiger partial charge in [0.05, 0.1) is 13.2 Å². The zero-order valence-electron chi connectivity index (χ0n) is 11.9. The molecule has 8 nitrogen and oxygen atoms in total. The highest BCUT2D eigenvalue weighted by atomic mass is 16.7. The minimum absolute atomic E-state index is 0.00659. The SMILES string of the molecule is CCOC(=O)COCC(COC(C)=O)OCOC(C)=O. The summed E-state index contributed by atoms with van der Waals surface area (Å²) in [5.74, 6) is -1.47. The van der Waals surface area contributed by atoms with E-state index in [9.17, 15) is 14.4 Å². The molecule has 1 unspecified atom stereocenters. The fourth-order valence-electron chi connectivity index (χ4n) is 1.04. The van der Waals surface area contributed by atoms with Crippen LogP contribution in [0.3, 0.4) is 0 Å². The van der Waals surface area contributed by atoms with Crippen molar-refractivity contribution in [2.24, 2.45) is 0 Å². The number of hydrogen-bond donors (Lipinski definition) is 0. The van der Waals surface area contributed by atoms with Gasteiger partial charge in [0, 0.05) is 13.8 Å². The Labute approximate surface area is 117 Å². The predicted molar refractivity (Wildman–Crippen MR) is 65.6 cm³/mol. The van der Waals surface area contributed by atoms with Gasteiger partial charge in [-0.05, 0) is 6.92 Å². The van der Waals surface area contributed by atoms with E-state index < -0.39 is 24.0 Å². The van der Waals surface area contributed by atoms with Crippen LogP contribution in [0.1, 0.15) is 20.8 Å². The van der Waals surface area contributed by atoms with Crippen molar-refractivity contribution in [3.05, 3.63) is 0 Å². The van der Waals surface area contributed by atoms with Gasteiger partial charge in [0.1, 0.15) is 19.3 Å². The van der Waals surface area contributed by atoms with Crippen molar-refractivity contribution in [1.29, 1.82) is 0 Å². The topological polar surface area (TPSA) is 97.4 Å². The van der Waals surface area contributed by atoms with E-state index >= 15 is 0 Å². The lowest BCUT2D eigenvalue weighted by Gasteiger charge is -2.17. The number of esters is 3. The van der Waals surface area contributed by atoms with Gasteiger partial charge in [-0.1, -0.05) is 0 Å². The summed E-state index contributed by atoms with van der Waals surface area (Å²) in [6, 6.07) is 0. The molecule has 1 atom stereocenters. The Balaban J connectivity index is 3.99. The first kappa shape index (κ1) is 18.3. The van der Waals surface area contributed by atoms with Gasteiger partial charge in [-0.15, -0.1) is 0 Å². The van der Waals surface area contributed by atoms with Crippen molar-refractivity contribution in [1.82, 2.24) is 0 Å². The molecule has 0 rings (SSSR count). The molecular weight excluding hydrogens is 272 g/mol. The zero-order chi connectivity index (χ0) is 15.4. The van der Waals surface area contributed by atoms with Crippen LogP contribution < -0.4 is 0 Å². The first-order chi connectivity index (χ1) is 9.45. The molecule has 0 radical (unpaired) electrons. The summed E-state index contributed by atoms with van der Waals surface area (Å²) in [6.07, 6.45) is -0.646. The van der Waals surface area contributed by atoms with Crippen LogP contribution in [0.25, 0.3) is 0 Å². The second-order valence-corrected chi connectivity index (χ2v) is 3.67. The highest BCUT2D eigenvalue weighted by Gasteiger charge is 2.13. The van der Waals surface area contributed by atoms with E-state index in [1.165, 1.54) is 13.8 Å². The highest BCUT2D eigenvalue weighted by molar-refractivity contribution is 5.70. The minimum Gasteiger partial charge on any atom is -0.464 e. The Kier molecular flexibility index (Phi) is 10.2. The van der Waals surface area contributed by atoms with E-state index in [-0.39, 0.29) is 33.2 Å². The molecule has 0 saturated heterocycles. The monoisotopic (exact) mass is 292 g/mol.